The van der Waals surface area contributed by atoms with Gasteiger partial charge < -0.3 is 15.0 Å². The van der Waals surface area contributed by atoms with E-state index in [-0.39, 0.29) is 5.56 Å². The molecular weight excluding hydrogens is 244 g/mol. The van der Waals surface area contributed by atoms with Crippen molar-refractivity contribution >= 4 is 11.7 Å². The zero-order chi connectivity index (χ0) is 14.0. The van der Waals surface area contributed by atoms with Gasteiger partial charge in [0, 0.05) is 25.5 Å². The molecule has 0 amide bonds. The number of pyridine rings is 1. The maximum Gasteiger partial charge on any atom is 0.341 e. The summed E-state index contributed by atoms with van der Waals surface area (Å²) in [5.74, 6) is -1.23. The van der Waals surface area contributed by atoms with Crippen LogP contribution < -0.4 is 10.5 Å². The van der Waals surface area contributed by atoms with Gasteiger partial charge in [-0.25, -0.2) is 4.79 Å². The molecule has 2 rings (SSSR count). The van der Waals surface area contributed by atoms with Crippen LogP contribution in [0.4, 0.5) is 5.69 Å². The highest BCUT2D eigenvalue weighted by atomic mass is 16.4. The highest BCUT2D eigenvalue weighted by Crippen LogP contribution is 2.19. The van der Waals surface area contributed by atoms with E-state index < -0.39 is 11.5 Å². The lowest BCUT2D eigenvalue weighted by Crippen LogP contribution is -2.17. The summed E-state index contributed by atoms with van der Waals surface area (Å²) in [6.45, 7) is 0. The second-order valence-electron chi connectivity index (χ2n) is 4.36. The van der Waals surface area contributed by atoms with E-state index in [9.17, 15) is 9.59 Å². The second kappa shape index (κ2) is 4.97. The molecule has 0 saturated carbocycles. The number of hydrogen-bond acceptors (Lipinski definition) is 3. The monoisotopic (exact) mass is 258 g/mol. The summed E-state index contributed by atoms with van der Waals surface area (Å²) in [6, 6.07) is 10.5. The van der Waals surface area contributed by atoms with Crippen LogP contribution in [0.5, 0.6) is 0 Å². The van der Waals surface area contributed by atoms with Gasteiger partial charge in [-0.1, -0.05) is 12.1 Å². The summed E-state index contributed by atoms with van der Waals surface area (Å²) in [7, 11) is 3.89. The van der Waals surface area contributed by atoms with Crippen LogP contribution >= 0.6 is 0 Å². The fraction of sp³-hybridized carbons (Fsp3) is 0.143. The molecular formula is C14H14N2O3. The molecule has 2 aromatic rings. The van der Waals surface area contributed by atoms with Gasteiger partial charge in [0.25, 0.3) is 5.56 Å². The molecule has 0 aliphatic heterocycles. The number of aromatic nitrogens is 1. The molecule has 1 aromatic heterocycles. The summed E-state index contributed by atoms with van der Waals surface area (Å²) < 4.78 is 0. The van der Waals surface area contributed by atoms with E-state index in [2.05, 4.69) is 4.98 Å². The standard InChI is InChI=1S/C14H14N2O3/c1-16(2)10-5-3-9(4-6-10)12-8-7-11(14(18)19)13(17)15-12/h3-8H,1-2H3,(H,15,17)(H,18,19). The number of benzene rings is 1. The number of rotatable bonds is 3. The number of carboxylic acid groups (broad SMARTS) is 1. The van der Waals surface area contributed by atoms with Gasteiger partial charge in [0.05, 0.1) is 0 Å². The lowest BCUT2D eigenvalue weighted by atomic mass is 10.1. The Hall–Kier alpha value is -2.56. The van der Waals surface area contributed by atoms with Crippen LogP contribution in [0.2, 0.25) is 0 Å². The van der Waals surface area contributed by atoms with Crippen molar-refractivity contribution in [1.29, 1.82) is 0 Å². The zero-order valence-electron chi connectivity index (χ0n) is 10.7. The van der Waals surface area contributed by atoms with Crippen molar-refractivity contribution in [2.45, 2.75) is 0 Å². The second-order valence-corrected chi connectivity index (χ2v) is 4.36. The number of aromatic carboxylic acids is 1. The van der Waals surface area contributed by atoms with Gasteiger partial charge >= 0.3 is 5.97 Å². The summed E-state index contributed by atoms with van der Waals surface area (Å²) in [6.07, 6.45) is 0. The topological polar surface area (TPSA) is 73.4 Å². The zero-order valence-corrected chi connectivity index (χ0v) is 10.7. The molecule has 0 aliphatic rings. The van der Waals surface area contributed by atoms with Crippen LogP contribution in [0, 0.1) is 0 Å². The number of nitrogens with one attached hydrogen (secondary N) is 1. The minimum atomic E-state index is -1.23. The van der Waals surface area contributed by atoms with Gasteiger partial charge in [-0.2, -0.15) is 0 Å². The molecule has 19 heavy (non-hydrogen) atoms. The molecule has 0 fully saturated rings. The largest absolute Gasteiger partial charge is 0.477 e. The van der Waals surface area contributed by atoms with Crippen molar-refractivity contribution < 1.29 is 9.90 Å². The first-order valence-electron chi connectivity index (χ1n) is 5.73. The minimum absolute atomic E-state index is 0.256. The SMILES string of the molecule is CN(C)c1ccc(-c2ccc(C(=O)O)c(=O)[nH]2)cc1. The Bertz CT molecular complexity index is 657. The number of hydrogen-bond donors (Lipinski definition) is 2. The van der Waals surface area contributed by atoms with E-state index >= 15 is 0 Å². The van der Waals surface area contributed by atoms with Crippen LogP contribution in [-0.2, 0) is 0 Å². The highest BCUT2D eigenvalue weighted by Gasteiger charge is 2.09. The lowest BCUT2D eigenvalue weighted by molar-refractivity contribution is 0.0695. The number of aromatic amines is 1. The van der Waals surface area contributed by atoms with E-state index in [1.807, 2.05) is 43.3 Å². The molecule has 0 aliphatic carbocycles. The predicted octanol–water partition coefficient (Wildman–Crippen LogP) is 1.81. The quantitative estimate of drug-likeness (QED) is 0.880. The van der Waals surface area contributed by atoms with Crippen LogP contribution in [0.15, 0.2) is 41.2 Å². The van der Waals surface area contributed by atoms with Gasteiger partial charge in [0.15, 0.2) is 0 Å². The summed E-state index contributed by atoms with van der Waals surface area (Å²) in [5.41, 5.74) is 1.63. The fourth-order valence-electron chi connectivity index (χ4n) is 1.75. The third-order valence-corrected chi connectivity index (χ3v) is 2.83. The maximum absolute atomic E-state index is 11.6. The van der Waals surface area contributed by atoms with Crippen molar-refractivity contribution in [3.8, 4) is 11.3 Å². The Labute approximate surface area is 110 Å². The Morgan fingerprint density at radius 3 is 2.21 bits per heavy atom. The first-order chi connectivity index (χ1) is 8.99. The summed E-state index contributed by atoms with van der Waals surface area (Å²) >= 11 is 0. The van der Waals surface area contributed by atoms with E-state index in [0.717, 1.165) is 11.3 Å². The molecule has 0 saturated heterocycles. The summed E-state index contributed by atoms with van der Waals surface area (Å²) in [5, 5.41) is 8.80. The number of carboxylic acids is 1. The average molecular weight is 258 g/mol. The number of anilines is 1. The molecule has 0 radical (unpaired) electrons. The van der Waals surface area contributed by atoms with E-state index in [4.69, 9.17) is 5.11 Å². The first-order valence-corrected chi connectivity index (χ1v) is 5.73. The van der Waals surface area contributed by atoms with Gasteiger partial charge in [-0.3, -0.25) is 4.79 Å². The molecule has 1 heterocycles. The Kier molecular flexibility index (Phi) is 3.37. The van der Waals surface area contributed by atoms with Crippen molar-refractivity contribution in [1.82, 2.24) is 4.98 Å². The first kappa shape index (κ1) is 12.9. The molecule has 0 atom stereocenters. The average Bonchev–Trinajstić information content (AvgIpc) is 2.38. The van der Waals surface area contributed by atoms with Crippen molar-refractivity contribution in [2.24, 2.45) is 0 Å². The molecule has 0 bridgehead atoms. The van der Waals surface area contributed by atoms with Gasteiger partial charge in [-0.15, -0.1) is 0 Å². The Morgan fingerprint density at radius 1 is 1.11 bits per heavy atom. The molecule has 98 valence electrons. The molecule has 1 aromatic carbocycles. The Morgan fingerprint density at radius 2 is 1.74 bits per heavy atom. The van der Waals surface area contributed by atoms with Crippen LogP contribution in [0.3, 0.4) is 0 Å². The van der Waals surface area contributed by atoms with Gasteiger partial charge in [-0.05, 0) is 29.8 Å². The molecule has 5 heteroatoms. The van der Waals surface area contributed by atoms with E-state index in [0.29, 0.717) is 5.69 Å². The highest BCUT2D eigenvalue weighted by molar-refractivity contribution is 5.87. The smallest absolute Gasteiger partial charge is 0.341 e. The molecule has 2 N–H and O–H groups in total. The third-order valence-electron chi connectivity index (χ3n) is 2.83. The van der Waals surface area contributed by atoms with Gasteiger partial charge in [0.2, 0.25) is 0 Å². The normalized spacial score (nSPS) is 10.2. The molecule has 5 nitrogen and oxygen atoms in total. The molecule has 0 unspecified atom stereocenters. The Balaban J connectivity index is 2.40. The number of H-pyrrole nitrogens is 1. The third kappa shape index (κ3) is 2.65. The van der Waals surface area contributed by atoms with Crippen molar-refractivity contribution in [3.63, 3.8) is 0 Å². The summed E-state index contributed by atoms with van der Waals surface area (Å²) in [4.78, 5) is 26.9. The maximum atomic E-state index is 11.6. The van der Waals surface area contributed by atoms with Gasteiger partial charge in [0.1, 0.15) is 5.56 Å². The molecule has 0 spiro atoms. The lowest BCUT2D eigenvalue weighted by Gasteiger charge is -2.12. The fourth-order valence-corrected chi connectivity index (χ4v) is 1.75. The number of carbonyl (C=O) groups is 1. The minimum Gasteiger partial charge on any atom is -0.477 e. The van der Waals surface area contributed by atoms with E-state index in [1.54, 1.807) is 6.07 Å². The van der Waals surface area contributed by atoms with Crippen molar-refractivity contribution in [3.05, 3.63) is 52.3 Å². The van der Waals surface area contributed by atoms with E-state index in [1.165, 1.54) is 6.07 Å². The van der Waals surface area contributed by atoms with Crippen LogP contribution in [0.1, 0.15) is 10.4 Å². The van der Waals surface area contributed by atoms with Crippen LogP contribution in [-0.4, -0.2) is 30.2 Å². The predicted molar refractivity (Wildman–Crippen MR) is 73.8 cm³/mol. The number of nitrogens with zero attached hydrogens (tertiary/aromatic N) is 1. The van der Waals surface area contributed by atoms with Crippen LogP contribution in [0.25, 0.3) is 11.3 Å². The van der Waals surface area contributed by atoms with Crippen molar-refractivity contribution in [2.75, 3.05) is 19.0 Å².